The van der Waals surface area contributed by atoms with Gasteiger partial charge < -0.3 is 0 Å². The smallest absolute Gasteiger partial charge is 0.186 e. The lowest BCUT2D eigenvalue weighted by Gasteiger charge is -2.01. The topological polar surface area (TPSA) is 17.1 Å². The Kier molecular flexibility index (Phi) is 4.54. The SMILES string of the molecule is Cc1cc(C(=O)/C=C/c2ccc(-c3ccccc3)cc2)c(C)s1. The molecule has 114 valence electrons. The van der Waals surface area contributed by atoms with E-state index in [0.29, 0.717) is 0 Å². The molecule has 0 atom stereocenters. The lowest BCUT2D eigenvalue weighted by Crippen LogP contribution is -1.93. The summed E-state index contributed by atoms with van der Waals surface area (Å²) in [5, 5.41) is 0. The highest BCUT2D eigenvalue weighted by Crippen LogP contribution is 2.22. The summed E-state index contributed by atoms with van der Waals surface area (Å²) in [6, 6.07) is 20.5. The molecule has 2 aromatic carbocycles. The Labute approximate surface area is 140 Å². The first-order chi connectivity index (χ1) is 11.1. The third-order valence-corrected chi connectivity index (χ3v) is 4.72. The van der Waals surface area contributed by atoms with Crippen molar-refractivity contribution < 1.29 is 4.79 Å². The van der Waals surface area contributed by atoms with E-state index in [1.807, 2.05) is 56.3 Å². The second-order valence-corrected chi connectivity index (χ2v) is 6.97. The highest BCUT2D eigenvalue weighted by molar-refractivity contribution is 7.12. The van der Waals surface area contributed by atoms with Crippen LogP contribution in [0, 0.1) is 13.8 Å². The van der Waals surface area contributed by atoms with Crippen molar-refractivity contribution in [2.45, 2.75) is 13.8 Å². The van der Waals surface area contributed by atoms with E-state index in [-0.39, 0.29) is 5.78 Å². The van der Waals surface area contributed by atoms with Gasteiger partial charge >= 0.3 is 0 Å². The van der Waals surface area contributed by atoms with Crippen molar-refractivity contribution in [3.05, 3.63) is 87.6 Å². The van der Waals surface area contributed by atoms with Gasteiger partial charge in [-0.3, -0.25) is 4.79 Å². The quantitative estimate of drug-likeness (QED) is 0.430. The van der Waals surface area contributed by atoms with Crippen LogP contribution in [-0.4, -0.2) is 5.78 Å². The van der Waals surface area contributed by atoms with Gasteiger partial charge in [-0.1, -0.05) is 60.7 Å². The molecule has 3 aromatic rings. The fourth-order valence-corrected chi connectivity index (χ4v) is 3.48. The predicted molar refractivity (Wildman–Crippen MR) is 99.0 cm³/mol. The number of carbonyl (C=O) groups is 1. The first kappa shape index (κ1) is 15.4. The van der Waals surface area contributed by atoms with Crippen LogP contribution in [0.4, 0.5) is 0 Å². The normalized spacial score (nSPS) is 11.0. The molecule has 0 amide bonds. The predicted octanol–water partition coefficient (Wildman–Crippen LogP) is 5.93. The molecular formula is C21H18OS. The molecule has 0 bridgehead atoms. The minimum absolute atomic E-state index is 0.0685. The molecule has 2 heteroatoms. The molecule has 0 saturated carbocycles. The summed E-state index contributed by atoms with van der Waals surface area (Å²) in [5.41, 5.74) is 4.22. The molecule has 23 heavy (non-hydrogen) atoms. The summed E-state index contributed by atoms with van der Waals surface area (Å²) >= 11 is 1.66. The van der Waals surface area contributed by atoms with Crippen molar-refractivity contribution in [2.24, 2.45) is 0 Å². The number of rotatable bonds is 4. The fourth-order valence-electron chi connectivity index (χ4n) is 2.55. The maximum atomic E-state index is 12.3. The minimum Gasteiger partial charge on any atom is -0.289 e. The van der Waals surface area contributed by atoms with Gasteiger partial charge in [-0.2, -0.15) is 0 Å². The monoisotopic (exact) mass is 318 g/mol. The van der Waals surface area contributed by atoms with Gasteiger partial charge in [0.25, 0.3) is 0 Å². The Morgan fingerprint density at radius 1 is 0.913 bits per heavy atom. The van der Waals surface area contributed by atoms with Crippen molar-refractivity contribution >= 4 is 23.2 Å². The van der Waals surface area contributed by atoms with Crippen molar-refractivity contribution in [2.75, 3.05) is 0 Å². The average Bonchev–Trinajstić information content (AvgIpc) is 2.92. The maximum Gasteiger partial charge on any atom is 0.186 e. The summed E-state index contributed by atoms with van der Waals surface area (Å²) in [6.45, 7) is 4.02. The number of benzene rings is 2. The van der Waals surface area contributed by atoms with Gasteiger partial charge in [-0.25, -0.2) is 0 Å². The van der Waals surface area contributed by atoms with E-state index in [4.69, 9.17) is 0 Å². The summed E-state index contributed by atoms with van der Waals surface area (Å²) in [7, 11) is 0. The van der Waals surface area contributed by atoms with Crippen molar-refractivity contribution in [3.63, 3.8) is 0 Å². The van der Waals surface area contributed by atoms with E-state index in [1.165, 1.54) is 16.0 Å². The van der Waals surface area contributed by atoms with Crippen LogP contribution in [0.25, 0.3) is 17.2 Å². The molecule has 0 aliphatic heterocycles. The summed E-state index contributed by atoms with van der Waals surface area (Å²) in [5.74, 6) is 0.0685. The van der Waals surface area contributed by atoms with Crippen LogP contribution in [0.3, 0.4) is 0 Å². The van der Waals surface area contributed by atoms with Crippen LogP contribution in [0.2, 0.25) is 0 Å². The Morgan fingerprint density at radius 3 is 2.17 bits per heavy atom. The number of hydrogen-bond acceptors (Lipinski definition) is 2. The highest BCUT2D eigenvalue weighted by atomic mass is 32.1. The van der Waals surface area contributed by atoms with Crippen molar-refractivity contribution in [1.82, 2.24) is 0 Å². The molecule has 0 spiro atoms. The van der Waals surface area contributed by atoms with Crippen LogP contribution < -0.4 is 0 Å². The summed E-state index contributed by atoms with van der Waals surface area (Å²) in [4.78, 5) is 14.5. The van der Waals surface area contributed by atoms with E-state index >= 15 is 0 Å². The number of ketones is 1. The minimum atomic E-state index is 0.0685. The summed E-state index contributed by atoms with van der Waals surface area (Å²) < 4.78 is 0. The Balaban J connectivity index is 1.75. The van der Waals surface area contributed by atoms with E-state index in [0.717, 1.165) is 16.0 Å². The van der Waals surface area contributed by atoms with Gasteiger partial charge in [-0.15, -0.1) is 11.3 Å². The second kappa shape index (κ2) is 6.76. The zero-order chi connectivity index (χ0) is 16.2. The van der Waals surface area contributed by atoms with E-state index in [1.54, 1.807) is 17.4 Å². The number of carbonyl (C=O) groups excluding carboxylic acids is 1. The molecule has 0 saturated heterocycles. The van der Waals surface area contributed by atoms with Crippen LogP contribution >= 0.6 is 11.3 Å². The standard InChI is InChI=1S/C21H18OS/c1-15-14-20(16(2)23-15)21(22)13-10-17-8-11-19(12-9-17)18-6-4-3-5-7-18/h3-14H,1-2H3/b13-10+. The third-order valence-electron chi connectivity index (χ3n) is 3.75. The molecular weight excluding hydrogens is 300 g/mol. The lowest BCUT2D eigenvalue weighted by molar-refractivity contribution is 0.104. The van der Waals surface area contributed by atoms with Gasteiger partial charge in [0.2, 0.25) is 0 Å². The number of aryl methyl sites for hydroxylation is 2. The number of hydrogen-bond donors (Lipinski definition) is 0. The first-order valence-corrected chi connectivity index (χ1v) is 8.40. The molecule has 0 unspecified atom stereocenters. The zero-order valence-electron chi connectivity index (χ0n) is 13.2. The van der Waals surface area contributed by atoms with Gasteiger partial charge in [0.1, 0.15) is 0 Å². The van der Waals surface area contributed by atoms with E-state index in [9.17, 15) is 4.79 Å². The second-order valence-electron chi connectivity index (χ2n) is 5.51. The molecule has 3 rings (SSSR count). The fraction of sp³-hybridized carbons (Fsp3) is 0.0952. The molecule has 1 nitrogen and oxygen atoms in total. The summed E-state index contributed by atoms with van der Waals surface area (Å²) in [6.07, 6.45) is 3.54. The molecule has 0 radical (unpaired) electrons. The van der Waals surface area contributed by atoms with Gasteiger partial charge in [0.05, 0.1) is 0 Å². The molecule has 0 fully saturated rings. The molecule has 0 aliphatic rings. The highest BCUT2D eigenvalue weighted by Gasteiger charge is 2.08. The van der Waals surface area contributed by atoms with Crippen molar-refractivity contribution in [1.29, 1.82) is 0 Å². The Morgan fingerprint density at radius 2 is 1.57 bits per heavy atom. The average molecular weight is 318 g/mol. The number of thiophene rings is 1. The van der Waals surface area contributed by atoms with Gasteiger partial charge in [0, 0.05) is 15.3 Å². The largest absolute Gasteiger partial charge is 0.289 e. The first-order valence-electron chi connectivity index (χ1n) is 7.58. The lowest BCUT2D eigenvalue weighted by atomic mass is 10.0. The van der Waals surface area contributed by atoms with Crippen LogP contribution in [0.1, 0.15) is 25.7 Å². The molecule has 0 aliphatic carbocycles. The zero-order valence-corrected chi connectivity index (χ0v) is 14.1. The molecule has 1 aromatic heterocycles. The van der Waals surface area contributed by atoms with E-state index in [2.05, 4.69) is 24.3 Å². The van der Waals surface area contributed by atoms with Crippen LogP contribution in [-0.2, 0) is 0 Å². The van der Waals surface area contributed by atoms with Crippen LogP contribution in [0.5, 0.6) is 0 Å². The molecule has 1 heterocycles. The van der Waals surface area contributed by atoms with Crippen molar-refractivity contribution in [3.8, 4) is 11.1 Å². The van der Waals surface area contributed by atoms with E-state index < -0.39 is 0 Å². The molecule has 0 N–H and O–H groups in total. The number of allylic oxidation sites excluding steroid dienone is 1. The van der Waals surface area contributed by atoms with Gasteiger partial charge in [-0.05, 0) is 42.7 Å². The van der Waals surface area contributed by atoms with Gasteiger partial charge in [0.15, 0.2) is 5.78 Å². The maximum absolute atomic E-state index is 12.3. The van der Waals surface area contributed by atoms with Crippen LogP contribution in [0.15, 0.2) is 66.7 Å². The Hall–Kier alpha value is -2.45. The third kappa shape index (κ3) is 3.66. The Bertz CT molecular complexity index is 839.